The Balaban J connectivity index is 3.01. The SMILES string of the molecule is CCCCN(CC)C(=O)c1c(O)cc(F)cc1F. The standard InChI is InChI=1S/C13H17F2NO2/c1-3-5-6-16(4-2)13(18)12-10(15)7-9(14)8-11(12)17/h7-8,17H,3-6H2,1-2H3. The predicted octanol–water partition coefficient (Wildman–Crippen LogP) is 2.93. The molecule has 0 heterocycles. The molecule has 5 heteroatoms. The van der Waals surface area contributed by atoms with Gasteiger partial charge in [0.25, 0.3) is 5.91 Å². The van der Waals surface area contributed by atoms with Crippen molar-refractivity contribution in [3.63, 3.8) is 0 Å². The second-order valence-corrected chi connectivity index (χ2v) is 4.02. The van der Waals surface area contributed by atoms with E-state index in [9.17, 15) is 18.7 Å². The lowest BCUT2D eigenvalue weighted by Crippen LogP contribution is -2.32. The van der Waals surface area contributed by atoms with Crippen LogP contribution < -0.4 is 0 Å². The maximum absolute atomic E-state index is 13.5. The summed E-state index contributed by atoms with van der Waals surface area (Å²) in [5.41, 5.74) is -0.464. The van der Waals surface area contributed by atoms with E-state index in [2.05, 4.69) is 0 Å². The van der Waals surface area contributed by atoms with Crippen molar-refractivity contribution in [1.29, 1.82) is 0 Å². The minimum Gasteiger partial charge on any atom is -0.507 e. The van der Waals surface area contributed by atoms with Crippen LogP contribution in [0.2, 0.25) is 0 Å². The number of phenolic OH excluding ortho intramolecular Hbond substituents is 1. The molecule has 0 spiro atoms. The van der Waals surface area contributed by atoms with Crippen LogP contribution in [0, 0.1) is 11.6 Å². The maximum atomic E-state index is 13.5. The first-order chi connectivity index (χ1) is 8.51. The van der Waals surface area contributed by atoms with Gasteiger partial charge in [0.1, 0.15) is 22.9 Å². The Labute approximate surface area is 105 Å². The molecule has 0 unspecified atom stereocenters. The van der Waals surface area contributed by atoms with Crippen LogP contribution in [0.3, 0.4) is 0 Å². The quantitative estimate of drug-likeness (QED) is 0.881. The lowest BCUT2D eigenvalue weighted by Gasteiger charge is -2.21. The zero-order chi connectivity index (χ0) is 13.7. The summed E-state index contributed by atoms with van der Waals surface area (Å²) in [4.78, 5) is 13.5. The van der Waals surface area contributed by atoms with Crippen LogP contribution in [0.1, 0.15) is 37.0 Å². The molecule has 0 aliphatic rings. The van der Waals surface area contributed by atoms with Gasteiger partial charge in [-0.2, -0.15) is 0 Å². The number of benzene rings is 1. The van der Waals surface area contributed by atoms with E-state index < -0.39 is 28.9 Å². The number of carbonyl (C=O) groups excluding carboxylic acids is 1. The van der Waals surface area contributed by atoms with Crippen LogP contribution in [0.15, 0.2) is 12.1 Å². The van der Waals surface area contributed by atoms with E-state index in [0.717, 1.165) is 18.9 Å². The Bertz CT molecular complexity index is 412. The second-order valence-electron chi connectivity index (χ2n) is 4.02. The third-order valence-corrected chi connectivity index (χ3v) is 2.70. The van der Waals surface area contributed by atoms with Crippen molar-refractivity contribution in [3.8, 4) is 5.75 Å². The summed E-state index contributed by atoms with van der Waals surface area (Å²) in [5, 5.41) is 9.48. The minimum absolute atomic E-state index is 0.412. The van der Waals surface area contributed by atoms with Crippen molar-refractivity contribution >= 4 is 5.91 Å². The summed E-state index contributed by atoms with van der Waals surface area (Å²) in [7, 11) is 0. The first-order valence-corrected chi connectivity index (χ1v) is 5.98. The molecule has 1 rings (SSSR count). The van der Waals surface area contributed by atoms with Gasteiger partial charge in [-0.3, -0.25) is 4.79 Å². The molecule has 1 aromatic carbocycles. The number of phenols is 1. The highest BCUT2D eigenvalue weighted by Crippen LogP contribution is 2.23. The predicted molar refractivity (Wildman–Crippen MR) is 64.5 cm³/mol. The lowest BCUT2D eigenvalue weighted by molar-refractivity contribution is 0.0754. The molecule has 0 aliphatic heterocycles. The van der Waals surface area contributed by atoms with E-state index in [0.29, 0.717) is 19.2 Å². The number of aromatic hydroxyl groups is 1. The Morgan fingerprint density at radius 2 is 2.00 bits per heavy atom. The van der Waals surface area contributed by atoms with E-state index >= 15 is 0 Å². The molecule has 0 fully saturated rings. The fourth-order valence-electron chi connectivity index (χ4n) is 1.68. The smallest absolute Gasteiger partial charge is 0.260 e. The summed E-state index contributed by atoms with van der Waals surface area (Å²) >= 11 is 0. The minimum atomic E-state index is -1.03. The number of hydrogen-bond acceptors (Lipinski definition) is 2. The summed E-state index contributed by atoms with van der Waals surface area (Å²) in [6.45, 7) is 4.65. The molecule has 1 aromatic rings. The van der Waals surface area contributed by atoms with E-state index in [1.54, 1.807) is 6.92 Å². The first-order valence-electron chi connectivity index (χ1n) is 5.98. The van der Waals surface area contributed by atoms with Crippen LogP contribution >= 0.6 is 0 Å². The molecule has 0 aromatic heterocycles. The third kappa shape index (κ3) is 3.18. The molecule has 0 bridgehead atoms. The van der Waals surface area contributed by atoms with Crippen molar-refractivity contribution in [2.75, 3.05) is 13.1 Å². The fourth-order valence-corrected chi connectivity index (χ4v) is 1.68. The molecule has 0 atom stereocenters. The summed E-state index contributed by atoms with van der Waals surface area (Å²) in [6, 6.07) is 1.34. The molecule has 0 radical (unpaired) electrons. The van der Waals surface area contributed by atoms with E-state index in [1.165, 1.54) is 4.90 Å². The summed E-state index contributed by atoms with van der Waals surface area (Å²) in [5.74, 6) is -3.21. The van der Waals surface area contributed by atoms with Crippen LogP contribution in [-0.4, -0.2) is 29.0 Å². The average molecular weight is 257 g/mol. The van der Waals surface area contributed by atoms with Gasteiger partial charge in [0, 0.05) is 25.2 Å². The molecule has 18 heavy (non-hydrogen) atoms. The summed E-state index contributed by atoms with van der Waals surface area (Å²) < 4.78 is 26.4. The molecular formula is C13H17F2NO2. The number of nitrogens with zero attached hydrogens (tertiary/aromatic N) is 1. The Morgan fingerprint density at radius 1 is 1.33 bits per heavy atom. The molecule has 0 saturated heterocycles. The van der Waals surface area contributed by atoms with Gasteiger partial charge in [-0.1, -0.05) is 13.3 Å². The Hall–Kier alpha value is -1.65. The maximum Gasteiger partial charge on any atom is 0.260 e. The van der Waals surface area contributed by atoms with E-state index in [-0.39, 0.29) is 0 Å². The van der Waals surface area contributed by atoms with Gasteiger partial charge in [-0.15, -0.1) is 0 Å². The molecular weight excluding hydrogens is 240 g/mol. The highest BCUT2D eigenvalue weighted by atomic mass is 19.1. The Kier molecular flexibility index (Phi) is 5.07. The van der Waals surface area contributed by atoms with Gasteiger partial charge >= 0.3 is 0 Å². The Morgan fingerprint density at radius 3 is 2.50 bits per heavy atom. The molecule has 0 saturated carbocycles. The van der Waals surface area contributed by atoms with Crippen molar-refractivity contribution in [1.82, 2.24) is 4.90 Å². The molecule has 100 valence electrons. The van der Waals surface area contributed by atoms with E-state index in [1.807, 2.05) is 6.92 Å². The van der Waals surface area contributed by atoms with Crippen LogP contribution in [0.25, 0.3) is 0 Å². The van der Waals surface area contributed by atoms with Gasteiger partial charge in [0.05, 0.1) is 0 Å². The number of amides is 1. The average Bonchev–Trinajstić information content (AvgIpc) is 2.28. The van der Waals surface area contributed by atoms with Crippen LogP contribution in [0.4, 0.5) is 8.78 Å². The number of carbonyl (C=O) groups is 1. The molecule has 1 amide bonds. The van der Waals surface area contributed by atoms with Gasteiger partial charge < -0.3 is 10.0 Å². The largest absolute Gasteiger partial charge is 0.507 e. The number of halogens is 2. The number of unbranched alkanes of at least 4 members (excludes halogenated alkanes) is 1. The molecule has 0 aliphatic carbocycles. The second kappa shape index (κ2) is 6.33. The normalized spacial score (nSPS) is 10.4. The topological polar surface area (TPSA) is 40.5 Å². The molecule has 3 nitrogen and oxygen atoms in total. The highest BCUT2D eigenvalue weighted by molar-refractivity contribution is 5.97. The zero-order valence-electron chi connectivity index (χ0n) is 10.5. The molecule has 1 N–H and O–H groups in total. The van der Waals surface area contributed by atoms with Gasteiger partial charge in [-0.05, 0) is 13.3 Å². The van der Waals surface area contributed by atoms with Crippen molar-refractivity contribution in [2.24, 2.45) is 0 Å². The van der Waals surface area contributed by atoms with Crippen LogP contribution in [0.5, 0.6) is 5.75 Å². The van der Waals surface area contributed by atoms with Crippen molar-refractivity contribution < 1.29 is 18.7 Å². The first kappa shape index (κ1) is 14.4. The highest BCUT2D eigenvalue weighted by Gasteiger charge is 2.22. The number of rotatable bonds is 5. The van der Waals surface area contributed by atoms with Crippen molar-refractivity contribution in [2.45, 2.75) is 26.7 Å². The van der Waals surface area contributed by atoms with E-state index in [4.69, 9.17) is 0 Å². The monoisotopic (exact) mass is 257 g/mol. The summed E-state index contributed by atoms with van der Waals surface area (Å²) in [6.07, 6.45) is 1.70. The lowest BCUT2D eigenvalue weighted by atomic mass is 10.1. The fraction of sp³-hybridized carbons (Fsp3) is 0.462. The van der Waals surface area contributed by atoms with Gasteiger partial charge in [0.2, 0.25) is 0 Å². The van der Waals surface area contributed by atoms with Gasteiger partial charge in [0.15, 0.2) is 0 Å². The van der Waals surface area contributed by atoms with Gasteiger partial charge in [-0.25, -0.2) is 8.78 Å². The third-order valence-electron chi connectivity index (χ3n) is 2.70. The number of hydrogen-bond donors (Lipinski definition) is 1. The van der Waals surface area contributed by atoms with Crippen LogP contribution in [-0.2, 0) is 0 Å². The zero-order valence-corrected chi connectivity index (χ0v) is 10.5. The van der Waals surface area contributed by atoms with Crippen molar-refractivity contribution in [3.05, 3.63) is 29.3 Å².